The molecule has 0 saturated carbocycles. The zero-order chi connectivity index (χ0) is 31.1. The summed E-state index contributed by atoms with van der Waals surface area (Å²) in [6.07, 6.45) is -0.310. The highest BCUT2D eigenvalue weighted by Crippen LogP contribution is 2.42. The average Bonchev–Trinajstić information content (AvgIpc) is 3.46. The number of hydrogen-bond acceptors (Lipinski definition) is 8. The first-order valence-corrected chi connectivity index (χ1v) is 15.0. The molecule has 3 aromatic carbocycles. The van der Waals surface area contributed by atoms with Crippen LogP contribution >= 0.6 is 0 Å². The summed E-state index contributed by atoms with van der Waals surface area (Å²) in [5.41, 5.74) is 4.06. The summed E-state index contributed by atoms with van der Waals surface area (Å²) < 4.78 is 17.9. The Kier molecular flexibility index (Phi) is 10.6. The Balaban J connectivity index is 1.27. The molecule has 3 aromatic rings. The van der Waals surface area contributed by atoms with Gasteiger partial charge in [0.05, 0.1) is 32.0 Å². The van der Waals surface area contributed by atoms with Crippen molar-refractivity contribution in [3.63, 3.8) is 0 Å². The highest BCUT2D eigenvalue weighted by atomic mass is 16.7. The van der Waals surface area contributed by atoms with E-state index in [1.54, 1.807) is 12.1 Å². The van der Waals surface area contributed by atoms with Gasteiger partial charge < -0.3 is 35.1 Å². The van der Waals surface area contributed by atoms with E-state index in [0.717, 1.165) is 35.2 Å². The number of hydrogen-bond donors (Lipinski definition) is 4. The molecule has 0 spiro atoms. The van der Waals surface area contributed by atoms with Crippen LogP contribution in [0.25, 0.3) is 0 Å². The molecule has 2 fully saturated rings. The minimum atomic E-state index is -0.843. The van der Waals surface area contributed by atoms with Crippen LogP contribution in [0.4, 0.5) is 10.5 Å². The number of carbonyl (C=O) groups excluding carboxylic acids is 2. The number of benzene rings is 3. The summed E-state index contributed by atoms with van der Waals surface area (Å²) >= 11 is 0. The Morgan fingerprint density at radius 2 is 1.68 bits per heavy atom. The largest absolute Gasteiger partial charge is 0.467 e. The van der Waals surface area contributed by atoms with E-state index in [4.69, 9.17) is 14.2 Å². The molecule has 44 heavy (non-hydrogen) atoms. The lowest BCUT2D eigenvalue weighted by Crippen LogP contribution is -2.45. The number of methoxy groups -OCH3 is 1. The normalized spacial score (nSPS) is 24.4. The van der Waals surface area contributed by atoms with E-state index in [2.05, 4.69) is 22.5 Å². The smallest absolute Gasteiger partial charge is 0.328 e. The molecule has 6 atom stereocenters. The monoisotopic (exact) mass is 603 g/mol. The summed E-state index contributed by atoms with van der Waals surface area (Å²) in [6.45, 7) is 4.20. The molecular weight excluding hydrogens is 562 g/mol. The zero-order valence-corrected chi connectivity index (χ0v) is 25.1. The SMILES string of the molecule is COC(=O)[C@H](Cc1ccccc1)NC(=O)Nc1ccc([C@@H]2O[C@H](CN3CC[C@H](O)C3)[C@H](C)[C@H](c3ccc(CO)cc3)O2)cc1. The van der Waals surface area contributed by atoms with Gasteiger partial charge in [0.15, 0.2) is 6.29 Å². The van der Waals surface area contributed by atoms with Gasteiger partial charge in [0, 0.05) is 43.2 Å². The van der Waals surface area contributed by atoms with Crippen LogP contribution in [-0.2, 0) is 32.0 Å². The van der Waals surface area contributed by atoms with Crippen molar-refractivity contribution < 1.29 is 34.0 Å². The van der Waals surface area contributed by atoms with Crippen LogP contribution in [0, 0.1) is 5.92 Å². The van der Waals surface area contributed by atoms with Crippen LogP contribution in [0.15, 0.2) is 78.9 Å². The second kappa shape index (κ2) is 14.8. The number of aliphatic hydroxyl groups excluding tert-OH is 2. The summed E-state index contributed by atoms with van der Waals surface area (Å²) in [6, 6.07) is 23.0. The molecule has 2 aliphatic rings. The number of carbonyl (C=O) groups is 2. The maximum atomic E-state index is 12.8. The molecular formula is C34H41N3O7. The van der Waals surface area contributed by atoms with E-state index in [1.165, 1.54) is 7.11 Å². The van der Waals surface area contributed by atoms with E-state index >= 15 is 0 Å². The van der Waals surface area contributed by atoms with Crippen molar-refractivity contribution in [2.24, 2.45) is 5.92 Å². The van der Waals surface area contributed by atoms with Crippen molar-refractivity contribution in [1.82, 2.24) is 10.2 Å². The number of β-amino-alcohol motifs (C(OH)–C–C–N with tert-alkyl or cyclic N) is 1. The predicted molar refractivity (Wildman–Crippen MR) is 165 cm³/mol. The van der Waals surface area contributed by atoms with Crippen LogP contribution < -0.4 is 10.6 Å². The Morgan fingerprint density at radius 3 is 2.32 bits per heavy atom. The summed E-state index contributed by atoms with van der Waals surface area (Å²) in [7, 11) is 1.29. The molecule has 2 amide bonds. The molecule has 0 aliphatic carbocycles. The van der Waals surface area contributed by atoms with Crippen LogP contribution in [0.3, 0.4) is 0 Å². The first-order chi connectivity index (χ1) is 21.3. The third-order valence-corrected chi connectivity index (χ3v) is 8.32. The molecule has 234 valence electrons. The summed E-state index contributed by atoms with van der Waals surface area (Å²) in [5.74, 6) is -0.494. The van der Waals surface area contributed by atoms with Gasteiger partial charge in [0.1, 0.15) is 6.04 Å². The number of nitrogens with zero attached hydrogens (tertiary/aromatic N) is 1. The Bertz CT molecular complexity index is 1370. The molecule has 2 aliphatic heterocycles. The van der Waals surface area contributed by atoms with Gasteiger partial charge in [-0.3, -0.25) is 4.90 Å². The van der Waals surface area contributed by atoms with Crippen molar-refractivity contribution in [3.8, 4) is 0 Å². The number of ether oxygens (including phenoxy) is 3. The number of urea groups is 1. The number of likely N-dealkylation sites (tertiary alicyclic amines) is 1. The fourth-order valence-electron chi connectivity index (χ4n) is 5.79. The van der Waals surface area contributed by atoms with Crippen molar-refractivity contribution in [1.29, 1.82) is 0 Å². The highest BCUT2D eigenvalue weighted by molar-refractivity contribution is 5.92. The molecule has 10 nitrogen and oxygen atoms in total. The van der Waals surface area contributed by atoms with Crippen LogP contribution in [0.5, 0.6) is 0 Å². The van der Waals surface area contributed by atoms with Crippen molar-refractivity contribution in [2.45, 2.75) is 57.0 Å². The first kappa shape index (κ1) is 31.6. The second-order valence-corrected chi connectivity index (χ2v) is 11.5. The third kappa shape index (κ3) is 8.02. The van der Waals surface area contributed by atoms with Gasteiger partial charge in [0.25, 0.3) is 0 Å². The lowest BCUT2D eigenvalue weighted by Gasteiger charge is -2.42. The van der Waals surface area contributed by atoms with Crippen LogP contribution in [0.1, 0.15) is 48.0 Å². The number of anilines is 1. The standard InChI is InChI=1S/C34H41N3O7/c1-22-30(20-37-17-16-28(39)19-37)43-33(44-31(22)25-10-8-24(21-38)9-11-25)26-12-14-27(15-13-26)35-34(41)36-29(32(40)42-2)18-23-6-4-3-5-7-23/h3-15,22,28-31,33,38-39H,16-21H2,1-2H3,(H2,35,36,41)/t22-,28-,29-,30+,31+,33+/m0/s1. The number of esters is 1. The van der Waals surface area contributed by atoms with Crippen molar-refractivity contribution in [2.75, 3.05) is 32.1 Å². The zero-order valence-electron chi connectivity index (χ0n) is 25.1. The molecule has 2 saturated heterocycles. The van der Waals surface area contributed by atoms with Crippen molar-refractivity contribution >= 4 is 17.7 Å². The molecule has 0 aromatic heterocycles. The highest BCUT2D eigenvalue weighted by Gasteiger charge is 2.40. The summed E-state index contributed by atoms with van der Waals surface area (Å²) in [5, 5.41) is 25.1. The van der Waals surface area contributed by atoms with E-state index < -0.39 is 24.3 Å². The average molecular weight is 604 g/mol. The Hall–Kier alpha value is -3.80. The Morgan fingerprint density at radius 1 is 0.977 bits per heavy atom. The van der Waals surface area contributed by atoms with E-state index in [0.29, 0.717) is 25.2 Å². The lowest BCUT2D eigenvalue weighted by molar-refractivity contribution is -0.276. The van der Waals surface area contributed by atoms with E-state index in [-0.39, 0.29) is 30.8 Å². The van der Waals surface area contributed by atoms with Gasteiger partial charge in [-0.25, -0.2) is 9.59 Å². The molecule has 0 unspecified atom stereocenters. The minimum absolute atomic E-state index is 0.0260. The molecule has 0 radical (unpaired) electrons. The number of aliphatic hydroxyl groups is 2. The van der Waals surface area contributed by atoms with Crippen molar-refractivity contribution in [3.05, 3.63) is 101 Å². The molecule has 4 N–H and O–H groups in total. The Labute approximate surface area is 257 Å². The molecule has 10 heteroatoms. The van der Waals surface area contributed by atoms with Crippen LogP contribution in [0.2, 0.25) is 0 Å². The van der Waals surface area contributed by atoms with E-state index in [9.17, 15) is 19.8 Å². The second-order valence-electron chi connectivity index (χ2n) is 11.5. The van der Waals surface area contributed by atoms with Gasteiger partial charge in [-0.15, -0.1) is 0 Å². The predicted octanol–water partition coefficient (Wildman–Crippen LogP) is 3.94. The number of amides is 2. The van der Waals surface area contributed by atoms with Gasteiger partial charge in [0.2, 0.25) is 0 Å². The quantitative estimate of drug-likeness (QED) is 0.257. The van der Waals surface area contributed by atoms with Crippen LogP contribution in [-0.4, -0.2) is 72.1 Å². The maximum absolute atomic E-state index is 12.8. The number of nitrogens with one attached hydrogen (secondary N) is 2. The number of rotatable bonds is 10. The fourth-order valence-corrected chi connectivity index (χ4v) is 5.79. The van der Waals surface area contributed by atoms with Gasteiger partial charge in [-0.2, -0.15) is 0 Å². The van der Waals surface area contributed by atoms with Gasteiger partial charge >= 0.3 is 12.0 Å². The molecule has 5 rings (SSSR count). The maximum Gasteiger partial charge on any atom is 0.328 e. The summed E-state index contributed by atoms with van der Waals surface area (Å²) in [4.78, 5) is 27.4. The van der Waals surface area contributed by atoms with Gasteiger partial charge in [-0.1, -0.05) is 73.7 Å². The minimum Gasteiger partial charge on any atom is -0.467 e. The lowest BCUT2D eigenvalue weighted by atomic mass is 9.90. The molecule has 0 bridgehead atoms. The third-order valence-electron chi connectivity index (χ3n) is 8.32. The topological polar surface area (TPSA) is 130 Å². The van der Waals surface area contributed by atoms with Gasteiger partial charge in [-0.05, 0) is 35.2 Å². The molecule has 2 heterocycles. The fraction of sp³-hybridized carbons (Fsp3) is 0.412. The first-order valence-electron chi connectivity index (χ1n) is 15.0. The van der Waals surface area contributed by atoms with E-state index in [1.807, 2.05) is 66.7 Å².